The van der Waals surface area contributed by atoms with Crippen molar-refractivity contribution in [3.8, 4) is 0 Å². The fraction of sp³-hybridized carbons (Fsp3) is 0.462. The summed E-state index contributed by atoms with van der Waals surface area (Å²) in [5, 5.41) is 5.66. The van der Waals surface area contributed by atoms with Crippen LogP contribution in [0.1, 0.15) is 15.9 Å². The molecule has 4 nitrogen and oxygen atoms in total. The summed E-state index contributed by atoms with van der Waals surface area (Å²) >= 11 is 0. The highest BCUT2D eigenvalue weighted by atomic mass is 19.1. The first-order chi connectivity index (χ1) is 9.09. The highest BCUT2D eigenvalue weighted by Gasteiger charge is 2.20. The van der Waals surface area contributed by atoms with Crippen molar-refractivity contribution in [2.75, 3.05) is 26.3 Å². The van der Waals surface area contributed by atoms with E-state index < -0.39 is 23.1 Å². The molecule has 1 aromatic rings. The Morgan fingerprint density at radius 3 is 3.00 bits per heavy atom. The van der Waals surface area contributed by atoms with E-state index in [0.29, 0.717) is 19.8 Å². The average molecular weight is 270 g/mol. The Morgan fingerprint density at radius 1 is 1.53 bits per heavy atom. The number of carbonyl (C=O) groups excluding carboxylic acids is 1. The fourth-order valence-corrected chi connectivity index (χ4v) is 1.92. The summed E-state index contributed by atoms with van der Waals surface area (Å²) < 4.78 is 32.5. The Balaban J connectivity index is 2.01. The molecular formula is C13H16F2N2O2. The number of morpholine rings is 1. The van der Waals surface area contributed by atoms with E-state index >= 15 is 0 Å². The predicted octanol–water partition coefficient (Wildman–Crippen LogP) is 0.991. The lowest BCUT2D eigenvalue weighted by molar-refractivity contribution is 0.0733. The summed E-state index contributed by atoms with van der Waals surface area (Å²) in [4.78, 5) is 11.8. The fourth-order valence-electron chi connectivity index (χ4n) is 1.92. The summed E-state index contributed by atoms with van der Waals surface area (Å²) in [6.07, 6.45) is 0. The molecule has 0 spiro atoms. The molecule has 1 fully saturated rings. The van der Waals surface area contributed by atoms with Crippen LogP contribution in [0, 0.1) is 18.6 Å². The molecule has 6 heteroatoms. The van der Waals surface area contributed by atoms with Crippen molar-refractivity contribution in [1.82, 2.24) is 10.6 Å². The van der Waals surface area contributed by atoms with Crippen LogP contribution in [0.3, 0.4) is 0 Å². The van der Waals surface area contributed by atoms with Gasteiger partial charge < -0.3 is 15.4 Å². The molecule has 1 aliphatic heterocycles. The Kier molecular flexibility index (Phi) is 4.44. The maximum absolute atomic E-state index is 13.7. The lowest BCUT2D eigenvalue weighted by atomic mass is 10.1. The molecule has 2 rings (SSSR count). The van der Waals surface area contributed by atoms with E-state index in [1.807, 2.05) is 0 Å². The smallest absolute Gasteiger partial charge is 0.257 e. The van der Waals surface area contributed by atoms with Gasteiger partial charge in [-0.25, -0.2) is 8.78 Å². The van der Waals surface area contributed by atoms with Crippen molar-refractivity contribution < 1.29 is 18.3 Å². The molecule has 0 aliphatic carbocycles. The number of benzene rings is 1. The Labute approximate surface area is 110 Å². The van der Waals surface area contributed by atoms with Crippen molar-refractivity contribution in [1.29, 1.82) is 0 Å². The molecule has 1 aliphatic rings. The first-order valence-electron chi connectivity index (χ1n) is 6.13. The second-order valence-corrected chi connectivity index (χ2v) is 4.49. The van der Waals surface area contributed by atoms with Gasteiger partial charge in [-0.2, -0.15) is 0 Å². The lowest BCUT2D eigenvalue weighted by Gasteiger charge is -2.24. The molecule has 104 valence electrons. The molecule has 1 heterocycles. The van der Waals surface area contributed by atoms with Gasteiger partial charge in [0.05, 0.1) is 13.2 Å². The number of rotatable bonds is 3. The zero-order valence-corrected chi connectivity index (χ0v) is 10.6. The normalized spacial score (nSPS) is 19.2. The van der Waals surface area contributed by atoms with Crippen LogP contribution in [-0.2, 0) is 4.74 Å². The molecule has 1 amide bonds. The van der Waals surface area contributed by atoms with Crippen LogP contribution in [0.25, 0.3) is 0 Å². The van der Waals surface area contributed by atoms with E-state index in [-0.39, 0.29) is 18.2 Å². The van der Waals surface area contributed by atoms with Gasteiger partial charge in [-0.1, -0.05) is 6.07 Å². The SMILES string of the molecule is Cc1ccc(F)c(C(=O)NCC2COCCN2)c1F. The van der Waals surface area contributed by atoms with Gasteiger partial charge >= 0.3 is 0 Å². The molecule has 19 heavy (non-hydrogen) atoms. The Bertz CT molecular complexity index is 474. The van der Waals surface area contributed by atoms with Gasteiger partial charge in [-0.05, 0) is 18.6 Å². The first-order valence-corrected chi connectivity index (χ1v) is 6.13. The maximum Gasteiger partial charge on any atom is 0.257 e. The molecule has 0 saturated carbocycles. The largest absolute Gasteiger partial charge is 0.378 e. The second kappa shape index (κ2) is 6.08. The molecule has 0 radical (unpaired) electrons. The maximum atomic E-state index is 13.7. The summed E-state index contributed by atoms with van der Waals surface area (Å²) in [6.45, 7) is 3.56. The van der Waals surface area contributed by atoms with Gasteiger partial charge in [0.15, 0.2) is 0 Å². The molecule has 1 unspecified atom stereocenters. The van der Waals surface area contributed by atoms with E-state index in [2.05, 4.69) is 10.6 Å². The molecule has 1 saturated heterocycles. The Hall–Kier alpha value is -1.53. The van der Waals surface area contributed by atoms with E-state index in [1.165, 1.54) is 13.0 Å². The number of hydrogen-bond donors (Lipinski definition) is 2. The van der Waals surface area contributed by atoms with Crippen LogP contribution in [-0.4, -0.2) is 38.3 Å². The van der Waals surface area contributed by atoms with Crippen LogP contribution >= 0.6 is 0 Å². The van der Waals surface area contributed by atoms with E-state index in [1.54, 1.807) is 0 Å². The number of hydrogen-bond acceptors (Lipinski definition) is 3. The van der Waals surface area contributed by atoms with Gasteiger partial charge in [0.25, 0.3) is 5.91 Å². The van der Waals surface area contributed by atoms with E-state index in [0.717, 1.165) is 6.07 Å². The number of nitrogens with one attached hydrogen (secondary N) is 2. The van der Waals surface area contributed by atoms with Gasteiger partial charge in [0.1, 0.15) is 17.2 Å². The van der Waals surface area contributed by atoms with Crippen LogP contribution in [0.4, 0.5) is 8.78 Å². The summed E-state index contributed by atoms with van der Waals surface area (Å²) in [5.41, 5.74) is -0.289. The van der Waals surface area contributed by atoms with Gasteiger partial charge in [0.2, 0.25) is 0 Å². The standard InChI is InChI=1S/C13H16F2N2O2/c1-8-2-3-10(14)11(12(8)15)13(18)17-6-9-7-19-5-4-16-9/h2-3,9,16H,4-7H2,1H3,(H,17,18). The number of amides is 1. The highest BCUT2D eigenvalue weighted by Crippen LogP contribution is 2.16. The molecule has 0 bridgehead atoms. The summed E-state index contributed by atoms with van der Waals surface area (Å²) in [7, 11) is 0. The molecule has 1 atom stereocenters. The molecule has 0 aromatic heterocycles. The van der Waals surface area contributed by atoms with Crippen molar-refractivity contribution in [2.45, 2.75) is 13.0 Å². The predicted molar refractivity (Wildman–Crippen MR) is 66.0 cm³/mol. The van der Waals surface area contributed by atoms with Crippen molar-refractivity contribution >= 4 is 5.91 Å². The first kappa shape index (κ1) is 13.9. The van der Waals surface area contributed by atoms with E-state index in [9.17, 15) is 13.6 Å². The Morgan fingerprint density at radius 2 is 2.32 bits per heavy atom. The summed E-state index contributed by atoms with van der Waals surface area (Å²) in [6, 6.07) is 2.36. The minimum atomic E-state index is -0.853. The third-order valence-corrected chi connectivity index (χ3v) is 3.02. The second-order valence-electron chi connectivity index (χ2n) is 4.49. The van der Waals surface area contributed by atoms with Gasteiger partial charge in [-0.15, -0.1) is 0 Å². The van der Waals surface area contributed by atoms with Crippen molar-refractivity contribution in [3.63, 3.8) is 0 Å². The van der Waals surface area contributed by atoms with Gasteiger partial charge in [-0.3, -0.25) is 4.79 Å². The quantitative estimate of drug-likeness (QED) is 0.861. The van der Waals surface area contributed by atoms with Crippen LogP contribution in [0.2, 0.25) is 0 Å². The average Bonchev–Trinajstić information content (AvgIpc) is 2.42. The van der Waals surface area contributed by atoms with Crippen molar-refractivity contribution in [2.24, 2.45) is 0 Å². The zero-order chi connectivity index (χ0) is 13.8. The third kappa shape index (κ3) is 3.27. The number of aryl methyl sites for hydroxylation is 1. The number of halogens is 2. The van der Waals surface area contributed by atoms with Crippen LogP contribution in [0.15, 0.2) is 12.1 Å². The molecule has 1 aromatic carbocycles. The van der Waals surface area contributed by atoms with Crippen LogP contribution in [0.5, 0.6) is 0 Å². The van der Waals surface area contributed by atoms with E-state index in [4.69, 9.17) is 4.74 Å². The summed E-state index contributed by atoms with van der Waals surface area (Å²) in [5.74, 6) is -2.41. The highest BCUT2D eigenvalue weighted by molar-refractivity contribution is 5.95. The minimum absolute atomic E-state index is 0.0337. The van der Waals surface area contributed by atoms with Gasteiger partial charge in [0, 0.05) is 19.1 Å². The third-order valence-electron chi connectivity index (χ3n) is 3.02. The van der Waals surface area contributed by atoms with Crippen molar-refractivity contribution in [3.05, 3.63) is 34.9 Å². The minimum Gasteiger partial charge on any atom is -0.378 e. The van der Waals surface area contributed by atoms with Crippen LogP contribution < -0.4 is 10.6 Å². The lowest BCUT2D eigenvalue weighted by Crippen LogP contribution is -2.48. The monoisotopic (exact) mass is 270 g/mol. The zero-order valence-electron chi connectivity index (χ0n) is 10.6. The molecular weight excluding hydrogens is 254 g/mol. The number of carbonyl (C=O) groups is 1. The number of ether oxygens (including phenoxy) is 1. The topological polar surface area (TPSA) is 50.4 Å². The molecule has 2 N–H and O–H groups in total.